The predicted octanol–water partition coefficient (Wildman–Crippen LogP) is 1.03. The number of nitrogens with one attached hydrogen (secondary N) is 1. The summed E-state index contributed by atoms with van der Waals surface area (Å²) in [4.78, 5) is 26.2. The van der Waals surface area contributed by atoms with E-state index in [4.69, 9.17) is 23.4 Å². The molecule has 216 valence electrons. The van der Waals surface area contributed by atoms with Crippen molar-refractivity contribution in [3.63, 3.8) is 0 Å². The second-order valence-electron chi connectivity index (χ2n) is 9.67. The van der Waals surface area contributed by atoms with Gasteiger partial charge in [0.1, 0.15) is 46.9 Å². The predicted molar refractivity (Wildman–Crippen MR) is 142 cm³/mol. The van der Waals surface area contributed by atoms with Crippen LogP contribution >= 0.6 is 0 Å². The van der Waals surface area contributed by atoms with Gasteiger partial charge in [0.25, 0.3) is 5.91 Å². The van der Waals surface area contributed by atoms with Crippen LogP contribution in [0.1, 0.15) is 31.1 Å². The lowest BCUT2D eigenvalue weighted by Gasteiger charge is -2.41. The minimum Gasteiger partial charge on any atom is -0.495 e. The standard InChI is InChI=1S/C28H33NO11/c1-12(2)29-28(35)27-24(34)22(32)23(33)26(40-27)20-14(11-30)9-19-21(25(20)38-5)15(31)10-17(39-19)13-6-7-16(36-3)18(8-13)37-4/h6-10,12,22-24,26-27,30,32-34H,11H2,1-5H3,(H,29,35)/t22-,23-,24+,26+,27+/m1/s1. The minimum atomic E-state index is -1.78. The van der Waals surface area contributed by atoms with E-state index in [9.17, 15) is 30.0 Å². The molecule has 1 saturated heterocycles. The van der Waals surface area contributed by atoms with E-state index in [1.165, 1.54) is 33.5 Å². The number of hydrogen-bond acceptors (Lipinski definition) is 11. The van der Waals surface area contributed by atoms with Crippen LogP contribution in [0, 0.1) is 0 Å². The van der Waals surface area contributed by atoms with E-state index in [0.29, 0.717) is 17.1 Å². The highest BCUT2D eigenvalue weighted by Gasteiger charge is 2.48. The lowest BCUT2D eigenvalue weighted by atomic mass is 9.87. The van der Waals surface area contributed by atoms with Gasteiger partial charge in [0.05, 0.1) is 27.9 Å². The van der Waals surface area contributed by atoms with Gasteiger partial charge in [0.15, 0.2) is 23.0 Å². The van der Waals surface area contributed by atoms with Gasteiger partial charge in [-0.15, -0.1) is 0 Å². The maximum absolute atomic E-state index is 13.4. The molecule has 0 bridgehead atoms. The Morgan fingerprint density at radius 1 is 0.975 bits per heavy atom. The highest BCUT2D eigenvalue weighted by molar-refractivity contribution is 5.88. The van der Waals surface area contributed by atoms with E-state index in [1.807, 2.05) is 0 Å². The summed E-state index contributed by atoms with van der Waals surface area (Å²) in [6.07, 6.45) is -8.25. The number of aliphatic hydroxyl groups excluding tert-OH is 4. The highest BCUT2D eigenvalue weighted by Crippen LogP contribution is 2.43. The van der Waals surface area contributed by atoms with Gasteiger partial charge in [-0.3, -0.25) is 9.59 Å². The van der Waals surface area contributed by atoms with Crippen molar-refractivity contribution in [2.24, 2.45) is 0 Å². The fraction of sp³-hybridized carbons (Fsp3) is 0.429. The Bertz CT molecular complexity index is 1450. The summed E-state index contributed by atoms with van der Waals surface area (Å²) in [5.41, 5.74) is 0.264. The second kappa shape index (κ2) is 11.8. The molecule has 1 aromatic heterocycles. The van der Waals surface area contributed by atoms with Gasteiger partial charge in [-0.1, -0.05) is 0 Å². The van der Waals surface area contributed by atoms with Crippen molar-refractivity contribution in [3.8, 4) is 28.6 Å². The zero-order valence-electron chi connectivity index (χ0n) is 22.7. The average molecular weight is 560 g/mol. The molecular formula is C28H33NO11. The number of amides is 1. The van der Waals surface area contributed by atoms with Crippen molar-refractivity contribution in [2.45, 2.75) is 57.0 Å². The van der Waals surface area contributed by atoms with E-state index >= 15 is 0 Å². The van der Waals surface area contributed by atoms with E-state index < -0.39 is 48.5 Å². The Labute approximate surface area is 229 Å². The molecule has 1 fully saturated rings. The van der Waals surface area contributed by atoms with Crippen LogP contribution in [0.4, 0.5) is 0 Å². The quantitative estimate of drug-likeness (QED) is 0.266. The van der Waals surface area contributed by atoms with Gasteiger partial charge in [-0.25, -0.2) is 0 Å². The number of carbonyl (C=O) groups excluding carboxylic acids is 1. The molecular weight excluding hydrogens is 526 g/mol. The maximum atomic E-state index is 13.4. The zero-order valence-corrected chi connectivity index (χ0v) is 22.7. The first-order valence-electron chi connectivity index (χ1n) is 12.6. The van der Waals surface area contributed by atoms with Crippen molar-refractivity contribution in [1.29, 1.82) is 0 Å². The van der Waals surface area contributed by atoms with Crippen LogP contribution in [0.25, 0.3) is 22.3 Å². The van der Waals surface area contributed by atoms with Crippen molar-refractivity contribution < 1.29 is 48.6 Å². The summed E-state index contributed by atoms with van der Waals surface area (Å²) < 4.78 is 28.1. The first-order chi connectivity index (χ1) is 19.1. The monoisotopic (exact) mass is 559 g/mol. The van der Waals surface area contributed by atoms with E-state index in [0.717, 1.165) is 0 Å². The molecule has 40 heavy (non-hydrogen) atoms. The molecule has 5 atom stereocenters. The normalized spacial score (nSPS) is 22.8. The third-order valence-electron chi connectivity index (χ3n) is 6.73. The molecule has 2 heterocycles. The van der Waals surface area contributed by atoms with Gasteiger partial charge in [0.2, 0.25) is 0 Å². The van der Waals surface area contributed by atoms with Gasteiger partial charge in [-0.2, -0.15) is 0 Å². The first kappa shape index (κ1) is 29.3. The van der Waals surface area contributed by atoms with Crippen LogP contribution in [-0.2, 0) is 16.1 Å². The van der Waals surface area contributed by atoms with Crippen molar-refractivity contribution in [2.75, 3.05) is 21.3 Å². The lowest BCUT2D eigenvalue weighted by Crippen LogP contribution is -2.59. The molecule has 1 aliphatic heterocycles. The third-order valence-corrected chi connectivity index (χ3v) is 6.73. The number of fused-ring (bicyclic) bond motifs is 1. The average Bonchev–Trinajstić information content (AvgIpc) is 2.94. The second-order valence-corrected chi connectivity index (χ2v) is 9.67. The van der Waals surface area contributed by atoms with Crippen LogP contribution < -0.4 is 25.0 Å². The molecule has 2 aromatic carbocycles. The molecule has 0 saturated carbocycles. The van der Waals surface area contributed by atoms with Gasteiger partial charge < -0.3 is 49.1 Å². The van der Waals surface area contributed by atoms with Crippen molar-refractivity contribution in [1.82, 2.24) is 5.32 Å². The summed E-state index contributed by atoms with van der Waals surface area (Å²) >= 11 is 0. The third kappa shape index (κ3) is 5.23. The largest absolute Gasteiger partial charge is 0.495 e. The molecule has 0 radical (unpaired) electrons. The molecule has 5 N–H and O–H groups in total. The Morgan fingerprint density at radius 2 is 1.68 bits per heavy atom. The van der Waals surface area contributed by atoms with Gasteiger partial charge in [0, 0.05) is 23.2 Å². The van der Waals surface area contributed by atoms with E-state index in [1.54, 1.807) is 32.0 Å². The Balaban J connectivity index is 1.88. The zero-order chi connectivity index (χ0) is 29.3. The molecule has 3 aromatic rings. The molecule has 4 rings (SSSR count). The summed E-state index contributed by atoms with van der Waals surface area (Å²) in [5.74, 6) is 0.330. The summed E-state index contributed by atoms with van der Waals surface area (Å²) in [6, 6.07) is 7.35. The van der Waals surface area contributed by atoms with Crippen LogP contribution in [0.15, 0.2) is 39.5 Å². The van der Waals surface area contributed by atoms with Gasteiger partial charge in [-0.05, 0) is 43.7 Å². The first-order valence-corrected chi connectivity index (χ1v) is 12.6. The van der Waals surface area contributed by atoms with E-state index in [-0.39, 0.29) is 39.6 Å². The Hall–Kier alpha value is -3.68. The molecule has 0 aliphatic carbocycles. The molecule has 0 spiro atoms. The van der Waals surface area contributed by atoms with Crippen LogP contribution in [0.3, 0.4) is 0 Å². The van der Waals surface area contributed by atoms with E-state index in [2.05, 4.69) is 5.32 Å². The topological polar surface area (TPSA) is 177 Å². The summed E-state index contributed by atoms with van der Waals surface area (Å²) in [6.45, 7) is 2.82. The number of benzene rings is 2. The number of aliphatic hydroxyl groups is 4. The Morgan fingerprint density at radius 3 is 2.27 bits per heavy atom. The fourth-order valence-corrected chi connectivity index (χ4v) is 4.84. The van der Waals surface area contributed by atoms with Crippen LogP contribution in [0.5, 0.6) is 17.2 Å². The van der Waals surface area contributed by atoms with Crippen LogP contribution in [0.2, 0.25) is 0 Å². The van der Waals surface area contributed by atoms with Crippen LogP contribution in [-0.4, -0.2) is 78.1 Å². The molecule has 0 unspecified atom stereocenters. The molecule has 12 nitrogen and oxygen atoms in total. The van der Waals surface area contributed by atoms with Crippen molar-refractivity contribution >= 4 is 16.9 Å². The smallest absolute Gasteiger partial charge is 0.252 e. The van der Waals surface area contributed by atoms with Gasteiger partial charge >= 0.3 is 0 Å². The number of ether oxygens (including phenoxy) is 4. The number of rotatable bonds is 8. The summed E-state index contributed by atoms with van der Waals surface area (Å²) in [5, 5.41) is 44.8. The molecule has 1 amide bonds. The maximum Gasteiger partial charge on any atom is 0.252 e. The number of hydrogen-bond donors (Lipinski definition) is 5. The lowest BCUT2D eigenvalue weighted by molar-refractivity contribution is -0.223. The highest BCUT2D eigenvalue weighted by atomic mass is 16.5. The number of carbonyl (C=O) groups is 1. The summed E-state index contributed by atoms with van der Waals surface area (Å²) in [7, 11) is 4.26. The number of methoxy groups -OCH3 is 3. The molecule has 12 heteroatoms. The van der Waals surface area contributed by atoms with Crippen molar-refractivity contribution in [3.05, 3.63) is 51.7 Å². The molecule has 1 aliphatic rings. The minimum absolute atomic E-state index is 0.0153. The fourth-order valence-electron chi connectivity index (χ4n) is 4.84. The SMILES string of the molecule is COc1ccc(-c2cc(=O)c3c(OC)c([C@@H]4O[C@H](C(=O)NC(C)C)[C@@H](O)[C@H](O)[C@H]4O)c(CO)cc3o2)cc1OC. The Kier molecular flexibility index (Phi) is 8.66.